The van der Waals surface area contributed by atoms with Gasteiger partial charge in [0.1, 0.15) is 0 Å². The van der Waals surface area contributed by atoms with Crippen LogP contribution in [0.4, 0.5) is 0 Å². The number of hydrogen-bond acceptors (Lipinski definition) is 3. The fraction of sp³-hybridized carbons (Fsp3) is 0.625. The topological polar surface area (TPSA) is 42.0 Å². The third kappa shape index (κ3) is 5.16. The summed E-state index contributed by atoms with van der Waals surface area (Å²) in [5, 5.41) is 3.93. The molecule has 0 unspecified atom stereocenters. The van der Waals surface area contributed by atoms with E-state index in [1.165, 1.54) is 18.6 Å². The largest absolute Gasteiger partial charge is 0.353 e. The number of hydrogen-bond donors (Lipinski definition) is 1. The zero-order valence-corrected chi connectivity index (χ0v) is 13.0. The smallest absolute Gasteiger partial charge is 0.220 e. The number of nitrogens with zero attached hydrogens (tertiary/aromatic N) is 1. The number of nitrogens with one attached hydrogen (secondary N) is 1. The summed E-state index contributed by atoms with van der Waals surface area (Å²) in [6, 6.07) is 6.22. The zero-order valence-electron chi connectivity index (χ0n) is 12.2. The fourth-order valence-electron chi connectivity index (χ4n) is 2.75. The lowest BCUT2D eigenvalue weighted by molar-refractivity contribution is -0.121. The Morgan fingerprint density at radius 1 is 1.45 bits per heavy atom. The summed E-state index contributed by atoms with van der Waals surface area (Å²) >= 11 is 2.03. The standard InChI is InChI=1S/C16H24N2OS/c1-2-20-15-8-5-7-14(12-15)18-16(19)10-9-13-6-3-4-11-17-13/h3-4,6,11,14-15H,2,5,7-10,12H2,1H3,(H,18,19)/t14-,15+/m1/s1. The Hall–Kier alpha value is -1.03. The minimum atomic E-state index is 0.169. The molecular formula is C16H24N2OS. The molecule has 20 heavy (non-hydrogen) atoms. The van der Waals surface area contributed by atoms with Gasteiger partial charge in [0.15, 0.2) is 0 Å². The van der Waals surface area contributed by atoms with Crippen LogP contribution in [0.2, 0.25) is 0 Å². The summed E-state index contributed by atoms with van der Waals surface area (Å²) in [7, 11) is 0. The van der Waals surface area contributed by atoms with Crippen LogP contribution < -0.4 is 5.32 Å². The molecular weight excluding hydrogens is 268 g/mol. The lowest BCUT2D eigenvalue weighted by Gasteiger charge is -2.29. The Morgan fingerprint density at radius 2 is 2.35 bits per heavy atom. The number of amides is 1. The molecule has 1 aromatic heterocycles. The van der Waals surface area contributed by atoms with Crippen molar-refractivity contribution in [3.63, 3.8) is 0 Å². The molecule has 2 atom stereocenters. The van der Waals surface area contributed by atoms with Crippen LogP contribution in [0.1, 0.15) is 44.7 Å². The maximum Gasteiger partial charge on any atom is 0.220 e. The first-order valence-corrected chi connectivity index (χ1v) is 8.63. The molecule has 1 aromatic rings. The van der Waals surface area contributed by atoms with Crippen molar-refractivity contribution in [2.24, 2.45) is 0 Å². The van der Waals surface area contributed by atoms with Gasteiger partial charge in [-0.3, -0.25) is 9.78 Å². The van der Waals surface area contributed by atoms with Gasteiger partial charge in [-0.1, -0.05) is 19.4 Å². The van der Waals surface area contributed by atoms with Crippen LogP contribution in [-0.2, 0) is 11.2 Å². The van der Waals surface area contributed by atoms with Crippen LogP contribution in [-0.4, -0.2) is 27.9 Å². The molecule has 1 amide bonds. The van der Waals surface area contributed by atoms with Gasteiger partial charge in [0, 0.05) is 29.6 Å². The van der Waals surface area contributed by atoms with Gasteiger partial charge in [-0.15, -0.1) is 0 Å². The zero-order chi connectivity index (χ0) is 14.2. The molecule has 1 aliphatic carbocycles. The van der Waals surface area contributed by atoms with Crippen LogP contribution in [0.5, 0.6) is 0 Å². The normalized spacial score (nSPS) is 22.4. The minimum absolute atomic E-state index is 0.169. The molecule has 0 aliphatic heterocycles. The lowest BCUT2D eigenvalue weighted by Crippen LogP contribution is -2.39. The number of aromatic nitrogens is 1. The van der Waals surface area contributed by atoms with E-state index in [1.807, 2.05) is 30.0 Å². The summed E-state index contributed by atoms with van der Waals surface area (Å²) in [6.07, 6.45) is 7.86. The van der Waals surface area contributed by atoms with Crippen molar-refractivity contribution in [2.75, 3.05) is 5.75 Å². The highest BCUT2D eigenvalue weighted by Crippen LogP contribution is 2.28. The second-order valence-corrected chi connectivity index (χ2v) is 6.91. The van der Waals surface area contributed by atoms with Crippen LogP contribution in [0.15, 0.2) is 24.4 Å². The highest BCUT2D eigenvalue weighted by Gasteiger charge is 2.22. The third-order valence-corrected chi connectivity index (χ3v) is 4.96. The maximum absolute atomic E-state index is 12.0. The van der Waals surface area contributed by atoms with E-state index in [1.54, 1.807) is 6.20 Å². The molecule has 0 spiro atoms. The van der Waals surface area contributed by atoms with E-state index in [-0.39, 0.29) is 5.91 Å². The first kappa shape index (κ1) is 15.4. The highest BCUT2D eigenvalue weighted by atomic mass is 32.2. The van der Waals surface area contributed by atoms with E-state index in [2.05, 4.69) is 17.2 Å². The second-order valence-electron chi connectivity index (χ2n) is 5.33. The first-order valence-electron chi connectivity index (χ1n) is 7.58. The number of rotatable bonds is 6. The van der Waals surface area contributed by atoms with Crippen LogP contribution in [0.25, 0.3) is 0 Å². The number of carbonyl (C=O) groups excluding carboxylic acids is 1. The van der Waals surface area contributed by atoms with Crippen molar-refractivity contribution < 1.29 is 4.79 Å². The molecule has 1 saturated carbocycles. The molecule has 1 heterocycles. The average Bonchev–Trinajstić information content (AvgIpc) is 2.47. The Morgan fingerprint density at radius 3 is 3.10 bits per heavy atom. The molecule has 0 saturated heterocycles. The van der Waals surface area contributed by atoms with E-state index in [0.717, 1.165) is 30.2 Å². The van der Waals surface area contributed by atoms with E-state index < -0.39 is 0 Å². The van der Waals surface area contributed by atoms with Crippen molar-refractivity contribution in [3.8, 4) is 0 Å². The van der Waals surface area contributed by atoms with Gasteiger partial charge in [-0.25, -0.2) is 0 Å². The Balaban J connectivity index is 1.71. The summed E-state index contributed by atoms with van der Waals surface area (Å²) in [6.45, 7) is 2.21. The number of carbonyl (C=O) groups is 1. The van der Waals surface area contributed by atoms with Gasteiger partial charge in [-0.2, -0.15) is 11.8 Å². The van der Waals surface area contributed by atoms with E-state index in [9.17, 15) is 4.79 Å². The Labute approximate surface area is 125 Å². The van der Waals surface area contributed by atoms with Gasteiger partial charge in [0.2, 0.25) is 5.91 Å². The van der Waals surface area contributed by atoms with Crippen molar-refractivity contribution in [1.29, 1.82) is 0 Å². The van der Waals surface area contributed by atoms with E-state index >= 15 is 0 Å². The van der Waals surface area contributed by atoms with Crippen molar-refractivity contribution in [2.45, 2.75) is 56.7 Å². The monoisotopic (exact) mass is 292 g/mol. The summed E-state index contributed by atoms with van der Waals surface area (Å²) in [4.78, 5) is 16.3. The summed E-state index contributed by atoms with van der Waals surface area (Å²) in [5.41, 5.74) is 0.991. The van der Waals surface area contributed by atoms with Crippen molar-refractivity contribution in [3.05, 3.63) is 30.1 Å². The molecule has 1 aliphatic rings. The lowest BCUT2D eigenvalue weighted by atomic mass is 9.95. The Kier molecular flexibility index (Phi) is 6.37. The third-order valence-electron chi connectivity index (χ3n) is 3.73. The number of aryl methyl sites for hydroxylation is 1. The average molecular weight is 292 g/mol. The second kappa shape index (κ2) is 8.30. The minimum Gasteiger partial charge on any atom is -0.353 e. The van der Waals surface area contributed by atoms with E-state index in [4.69, 9.17) is 0 Å². The van der Waals surface area contributed by atoms with Gasteiger partial charge < -0.3 is 5.32 Å². The van der Waals surface area contributed by atoms with E-state index in [0.29, 0.717) is 12.5 Å². The van der Waals surface area contributed by atoms with Gasteiger partial charge >= 0.3 is 0 Å². The van der Waals surface area contributed by atoms with Crippen LogP contribution in [0.3, 0.4) is 0 Å². The quantitative estimate of drug-likeness (QED) is 0.875. The molecule has 0 radical (unpaired) electrons. The molecule has 1 fully saturated rings. The fourth-order valence-corrected chi connectivity index (χ4v) is 3.92. The maximum atomic E-state index is 12.0. The van der Waals surface area contributed by atoms with Crippen LogP contribution >= 0.6 is 11.8 Å². The predicted octanol–water partition coefficient (Wildman–Crippen LogP) is 3.19. The van der Waals surface area contributed by atoms with Gasteiger partial charge in [0.25, 0.3) is 0 Å². The van der Waals surface area contributed by atoms with Gasteiger partial charge in [0.05, 0.1) is 0 Å². The Bertz CT molecular complexity index is 408. The van der Waals surface area contributed by atoms with Crippen LogP contribution in [0, 0.1) is 0 Å². The molecule has 4 heteroatoms. The SMILES string of the molecule is CCS[C@H]1CCC[C@@H](NC(=O)CCc2ccccn2)C1. The molecule has 1 N–H and O–H groups in total. The highest BCUT2D eigenvalue weighted by molar-refractivity contribution is 7.99. The van der Waals surface area contributed by atoms with Crippen molar-refractivity contribution >= 4 is 17.7 Å². The molecule has 3 nitrogen and oxygen atoms in total. The molecule has 0 aromatic carbocycles. The predicted molar refractivity (Wildman–Crippen MR) is 84.9 cm³/mol. The number of thioether (sulfide) groups is 1. The summed E-state index contributed by atoms with van der Waals surface area (Å²) < 4.78 is 0. The van der Waals surface area contributed by atoms with Gasteiger partial charge in [-0.05, 0) is 43.6 Å². The van der Waals surface area contributed by atoms with Crippen molar-refractivity contribution in [1.82, 2.24) is 10.3 Å². The molecule has 2 rings (SSSR count). The first-order chi connectivity index (χ1) is 9.78. The molecule has 0 bridgehead atoms. The molecule has 110 valence electrons. The number of pyridine rings is 1. The summed E-state index contributed by atoms with van der Waals surface area (Å²) in [5.74, 6) is 1.34.